The molecule has 1 atom stereocenters. The molecule has 0 spiro atoms. The number of aliphatic carboxylic acids is 1. The summed E-state index contributed by atoms with van der Waals surface area (Å²) in [6, 6.07) is 4.66. The number of piperidine rings is 1. The number of phenols is 1. The Morgan fingerprint density at radius 3 is 2.31 bits per heavy atom. The standard InChI is InChI=1S/C19H24N2O5/c22-15-6-2-5-14(11-15)16(19(25)26)20-17(23)12-7-9-21(10-8-12)18(24)13-3-1-4-13/h2,5-6,11-13,16,22H,1,3-4,7-10H2,(H,20,23)(H,25,26). The summed E-state index contributed by atoms with van der Waals surface area (Å²) in [5.41, 5.74) is 0.323. The van der Waals surface area contributed by atoms with Crippen LogP contribution >= 0.6 is 0 Å². The van der Waals surface area contributed by atoms with Crippen molar-refractivity contribution in [3.05, 3.63) is 29.8 Å². The molecule has 2 amide bonds. The van der Waals surface area contributed by atoms with Crippen molar-refractivity contribution in [2.24, 2.45) is 11.8 Å². The molecule has 1 unspecified atom stereocenters. The maximum atomic E-state index is 12.5. The molecule has 1 aliphatic heterocycles. The van der Waals surface area contributed by atoms with Crippen LogP contribution in [-0.2, 0) is 14.4 Å². The van der Waals surface area contributed by atoms with E-state index in [-0.39, 0.29) is 29.4 Å². The Bertz CT molecular complexity index is 693. The fourth-order valence-electron chi connectivity index (χ4n) is 3.53. The first-order chi connectivity index (χ1) is 12.5. The Hall–Kier alpha value is -2.57. The van der Waals surface area contributed by atoms with Gasteiger partial charge in [0.2, 0.25) is 11.8 Å². The molecule has 26 heavy (non-hydrogen) atoms. The molecule has 1 saturated carbocycles. The van der Waals surface area contributed by atoms with Crippen molar-refractivity contribution < 1.29 is 24.6 Å². The summed E-state index contributed by atoms with van der Waals surface area (Å²) in [6.45, 7) is 1.08. The van der Waals surface area contributed by atoms with E-state index < -0.39 is 12.0 Å². The molecular formula is C19H24N2O5. The van der Waals surface area contributed by atoms with Crippen LogP contribution in [0.2, 0.25) is 0 Å². The van der Waals surface area contributed by atoms with E-state index >= 15 is 0 Å². The van der Waals surface area contributed by atoms with Crippen molar-refractivity contribution >= 4 is 17.8 Å². The molecule has 0 bridgehead atoms. The van der Waals surface area contributed by atoms with Crippen molar-refractivity contribution in [1.82, 2.24) is 10.2 Å². The molecule has 2 fully saturated rings. The fourth-order valence-corrected chi connectivity index (χ4v) is 3.53. The normalized spacial score (nSPS) is 19.5. The highest BCUT2D eigenvalue weighted by molar-refractivity contribution is 5.86. The lowest BCUT2D eigenvalue weighted by molar-refractivity contribution is -0.144. The number of carbonyl (C=O) groups excluding carboxylic acids is 2. The van der Waals surface area contributed by atoms with Gasteiger partial charge in [-0.2, -0.15) is 0 Å². The summed E-state index contributed by atoms with van der Waals surface area (Å²) >= 11 is 0. The zero-order valence-corrected chi connectivity index (χ0v) is 14.6. The van der Waals surface area contributed by atoms with Crippen LogP contribution in [0.4, 0.5) is 0 Å². The van der Waals surface area contributed by atoms with Gasteiger partial charge in [0, 0.05) is 24.9 Å². The minimum absolute atomic E-state index is 0.0502. The Labute approximate surface area is 152 Å². The van der Waals surface area contributed by atoms with Crippen molar-refractivity contribution in [3.8, 4) is 5.75 Å². The third-order valence-corrected chi connectivity index (χ3v) is 5.37. The molecule has 1 heterocycles. The van der Waals surface area contributed by atoms with E-state index in [2.05, 4.69) is 5.32 Å². The van der Waals surface area contributed by atoms with Crippen LogP contribution in [0.5, 0.6) is 5.75 Å². The van der Waals surface area contributed by atoms with Gasteiger partial charge in [-0.1, -0.05) is 18.6 Å². The maximum Gasteiger partial charge on any atom is 0.330 e. The lowest BCUT2D eigenvalue weighted by Crippen LogP contribution is -2.47. The number of carboxylic acids is 1. The first kappa shape index (κ1) is 18.2. The van der Waals surface area contributed by atoms with E-state index in [9.17, 15) is 24.6 Å². The lowest BCUT2D eigenvalue weighted by Gasteiger charge is -2.36. The van der Waals surface area contributed by atoms with Crippen LogP contribution in [0.25, 0.3) is 0 Å². The predicted molar refractivity (Wildman–Crippen MR) is 93.3 cm³/mol. The van der Waals surface area contributed by atoms with Crippen molar-refractivity contribution in [2.45, 2.75) is 38.1 Å². The summed E-state index contributed by atoms with van der Waals surface area (Å²) < 4.78 is 0. The number of benzene rings is 1. The van der Waals surface area contributed by atoms with Crippen molar-refractivity contribution in [2.75, 3.05) is 13.1 Å². The molecule has 0 aromatic heterocycles. The Morgan fingerprint density at radius 2 is 1.77 bits per heavy atom. The zero-order valence-electron chi connectivity index (χ0n) is 14.6. The quantitative estimate of drug-likeness (QED) is 0.740. The van der Waals surface area contributed by atoms with Gasteiger partial charge in [-0.05, 0) is 43.4 Å². The highest BCUT2D eigenvalue weighted by atomic mass is 16.4. The molecular weight excluding hydrogens is 336 g/mol. The van der Waals surface area contributed by atoms with Crippen LogP contribution in [-0.4, -0.2) is 46.0 Å². The van der Waals surface area contributed by atoms with Crippen LogP contribution in [0.3, 0.4) is 0 Å². The number of carboxylic acid groups (broad SMARTS) is 1. The Balaban J connectivity index is 1.57. The van der Waals surface area contributed by atoms with Crippen molar-refractivity contribution in [1.29, 1.82) is 0 Å². The topological polar surface area (TPSA) is 107 Å². The van der Waals surface area contributed by atoms with E-state index in [1.54, 1.807) is 6.07 Å². The van der Waals surface area contributed by atoms with E-state index in [4.69, 9.17) is 0 Å². The highest BCUT2D eigenvalue weighted by Crippen LogP contribution is 2.30. The van der Waals surface area contributed by atoms with Gasteiger partial charge in [0.1, 0.15) is 5.75 Å². The Kier molecular flexibility index (Phi) is 5.44. The van der Waals surface area contributed by atoms with Crippen molar-refractivity contribution in [3.63, 3.8) is 0 Å². The van der Waals surface area contributed by atoms with Gasteiger partial charge in [0.25, 0.3) is 0 Å². The molecule has 1 aromatic carbocycles. The summed E-state index contributed by atoms with van der Waals surface area (Å²) in [6.07, 6.45) is 4.11. The van der Waals surface area contributed by atoms with Gasteiger partial charge >= 0.3 is 5.97 Å². The number of amides is 2. The molecule has 140 valence electrons. The van der Waals surface area contributed by atoms with Gasteiger partial charge in [0.05, 0.1) is 0 Å². The number of hydrogen-bond donors (Lipinski definition) is 3. The average molecular weight is 360 g/mol. The number of aromatic hydroxyl groups is 1. The van der Waals surface area contributed by atoms with E-state index in [0.29, 0.717) is 31.5 Å². The highest BCUT2D eigenvalue weighted by Gasteiger charge is 2.34. The second-order valence-electron chi connectivity index (χ2n) is 7.10. The number of likely N-dealkylation sites (tertiary alicyclic amines) is 1. The number of hydrogen-bond acceptors (Lipinski definition) is 4. The minimum Gasteiger partial charge on any atom is -0.508 e. The molecule has 7 heteroatoms. The Morgan fingerprint density at radius 1 is 1.08 bits per heavy atom. The molecule has 1 aliphatic carbocycles. The van der Waals surface area contributed by atoms with Crippen LogP contribution < -0.4 is 5.32 Å². The second kappa shape index (κ2) is 7.76. The molecule has 1 aromatic rings. The number of carbonyl (C=O) groups is 3. The van der Waals surface area contributed by atoms with Crippen LogP contribution in [0, 0.1) is 11.8 Å². The molecule has 3 rings (SSSR count). The molecule has 1 saturated heterocycles. The molecule has 3 N–H and O–H groups in total. The first-order valence-corrected chi connectivity index (χ1v) is 9.06. The van der Waals surface area contributed by atoms with Gasteiger partial charge in [-0.3, -0.25) is 9.59 Å². The van der Waals surface area contributed by atoms with Gasteiger partial charge < -0.3 is 20.4 Å². The zero-order chi connectivity index (χ0) is 18.7. The van der Waals surface area contributed by atoms with Gasteiger partial charge in [-0.25, -0.2) is 4.79 Å². The van der Waals surface area contributed by atoms with Crippen LogP contribution in [0.1, 0.15) is 43.7 Å². The number of nitrogens with one attached hydrogen (secondary N) is 1. The fraction of sp³-hybridized carbons (Fsp3) is 0.526. The largest absolute Gasteiger partial charge is 0.508 e. The van der Waals surface area contributed by atoms with E-state index in [1.165, 1.54) is 18.2 Å². The summed E-state index contributed by atoms with van der Waals surface area (Å²) in [5, 5.41) is 21.5. The third kappa shape index (κ3) is 3.98. The number of phenolic OH excluding ortho intramolecular Hbond substituents is 1. The minimum atomic E-state index is -1.20. The SMILES string of the molecule is O=C(NC(C(=O)O)c1cccc(O)c1)C1CCN(C(=O)C2CCC2)CC1. The average Bonchev–Trinajstić information content (AvgIpc) is 2.57. The van der Waals surface area contributed by atoms with Crippen LogP contribution in [0.15, 0.2) is 24.3 Å². The first-order valence-electron chi connectivity index (χ1n) is 9.06. The summed E-state index contributed by atoms with van der Waals surface area (Å²) in [4.78, 5) is 38.1. The van der Waals surface area contributed by atoms with Gasteiger partial charge in [0.15, 0.2) is 6.04 Å². The molecule has 2 aliphatic rings. The number of rotatable bonds is 5. The summed E-state index contributed by atoms with van der Waals surface area (Å²) in [7, 11) is 0. The molecule has 0 radical (unpaired) electrons. The number of nitrogens with zero attached hydrogens (tertiary/aromatic N) is 1. The second-order valence-corrected chi connectivity index (χ2v) is 7.10. The lowest BCUT2D eigenvalue weighted by atomic mass is 9.83. The smallest absolute Gasteiger partial charge is 0.330 e. The predicted octanol–water partition coefficient (Wildman–Crippen LogP) is 1.67. The van der Waals surface area contributed by atoms with Gasteiger partial charge in [-0.15, -0.1) is 0 Å². The monoisotopic (exact) mass is 360 g/mol. The molecule has 7 nitrogen and oxygen atoms in total. The van der Waals surface area contributed by atoms with E-state index in [1.807, 2.05) is 4.90 Å². The maximum absolute atomic E-state index is 12.5. The third-order valence-electron chi connectivity index (χ3n) is 5.37. The van der Waals surface area contributed by atoms with E-state index in [0.717, 1.165) is 19.3 Å². The summed E-state index contributed by atoms with van der Waals surface area (Å²) in [5.74, 6) is -1.51.